The summed E-state index contributed by atoms with van der Waals surface area (Å²) in [5.41, 5.74) is 0.227. The van der Waals surface area contributed by atoms with Crippen molar-refractivity contribution in [3.8, 4) is 5.75 Å². The first-order chi connectivity index (χ1) is 9.32. The SMILES string of the molecule is CC(C)(C)[C@H](c1c(F)ccc(Br)c1O)N1CCNCC1. The van der Waals surface area contributed by atoms with Crippen molar-refractivity contribution in [1.82, 2.24) is 10.2 Å². The van der Waals surface area contributed by atoms with Crippen LogP contribution in [0.4, 0.5) is 4.39 Å². The molecule has 0 amide bonds. The summed E-state index contributed by atoms with van der Waals surface area (Å²) < 4.78 is 14.9. The first-order valence-corrected chi connectivity index (χ1v) is 7.73. The molecule has 0 aromatic heterocycles. The van der Waals surface area contributed by atoms with E-state index in [-0.39, 0.29) is 23.0 Å². The van der Waals surface area contributed by atoms with Gasteiger partial charge in [-0.05, 0) is 33.5 Å². The Morgan fingerprint density at radius 3 is 2.45 bits per heavy atom. The molecule has 0 spiro atoms. The number of hydrogen-bond acceptors (Lipinski definition) is 3. The third-order valence-corrected chi connectivity index (χ3v) is 4.37. The zero-order valence-electron chi connectivity index (χ0n) is 12.2. The molecule has 1 fully saturated rings. The molecule has 1 atom stereocenters. The number of hydrogen-bond donors (Lipinski definition) is 2. The number of nitrogens with zero attached hydrogens (tertiary/aromatic N) is 1. The number of phenols is 1. The fourth-order valence-corrected chi connectivity index (χ4v) is 3.27. The van der Waals surface area contributed by atoms with Crippen LogP contribution in [0.15, 0.2) is 16.6 Å². The highest BCUT2D eigenvalue weighted by Gasteiger charge is 2.36. The minimum atomic E-state index is -0.343. The highest BCUT2D eigenvalue weighted by molar-refractivity contribution is 9.10. The van der Waals surface area contributed by atoms with E-state index in [0.29, 0.717) is 10.0 Å². The second-order valence-corrected chi connectivity index (χ2v) is 7.20. The van der Waals surface area contributed by atoms with Crippen LogP contribution in [0.1, 0.15) is 32.4 Å². The third kappa shape index (κ3) is 3.15. The number of rotatable bonds is 2. The molecule has 0 bridgehead atoms. The second-order valence-electron chi connectivity index (χ2n) is 6.35. The molecular weight excluding hydrogens is 323 g/mol. The van der Waals surface area contributed by atoms with Crippen LogP contribution in [0.5, 0.6) is 5.75 Å². The average molecular weight is 345 g/mol. The van der Waals surface area contributed by atoms with E-state index in [2.05, 4.69) is 46.9 Å². The lowest BCUT2D eigenvalue weighted by Gasteiger charge is -2.42. The Bertz CT molecular complexity index is 481. The van der Waals surface area contributed by atoms with Crippen molar-refractivity contribution in [2.45, 2.75) is 26.8 Å². The molecule has 1 aromatic carbocycles. The molecule has 0 unspecified atom stereocenters. The van der Waals surface area contributed by atoms with Crippen molar-refractivity contribution in [3.63, 3.8) is 0 Å². The van der Waals surface area contributed by atoms with Gasteiger partial charge in [-0.2, -0.15) is 0 Å². The van der Waals surface area contributed by atoms with Crippen LogP contribution >= 0.6 is 15.9 Å². The Morgan fingerprint density at radius 1 is 1.30 bits per heavy atom. The van der Waals surface area contributed by atoms with E-state index in [1.807, 2.05) is 0 Å². The van der Waals surface area contributed by atoms with Gasteiger partial charge in [-0.1, -0.05) is 20.8 Å². The van der Waals surface area contributed by atoms with Crippen molar-refractivity contribution < 1.29 is 9.50 Å². The molecule has 1 aliphatic heterocycles. The maximum Gasteiger partial charge on any atom is 0.137 e. The molecular formula is C15H22BrFN2O. The molecule has 2 N–H and O–H groups in total. The number of halogens is 2. The van der Waals surface area contributed by atoms with Gasteiger partial charge in [0.25, 0.3) is 0 Å². The molecule has 5 heteroatoms. The summed E-state index contributed by atoms with van der Waals surface area (Å²) in [5.74, 6) is -0.326. The Hall–Kier alpha value is -0.650. The molecule has 0 radical (unpaired) electrons. The average Bonchev–Trinajstić information content (AvgIpc) is 2.39. The quantitative estimate of drug-likeness (QED) is 0.864. The zero-order chi connectivity index (χ0) is 14.9. The molecule has 20 heavy (non-hydrogen) atoms. The van der Waals surface area contributed by atoms with E-state index in [4.69, 9.17) is 0 Å². The largest absolute Gasteiger partial charge is 0.506 e. The summed E-state index contributed by atoms with van der Waals surface area (Å²) >= 11 is 3.29. The van der Waals surface area contributed by atoms with Crippen LogP contribution in [0.2, 0.25) is 0 Å². The molecule has 1 aliphatic rings. The molecule has 0 aliphatic carbocycles. The van der Waals surface area contributed by atoms with Gasteiger partial charge in [0.2, 0.25) is 0 Å². The van der Waals surface area contributed by atoms with Gasteiger partial charge in [0.1, 0.15) is 11.6 Å². The number of nitrogens with one attached hydrogen (secondary N) is 1. The monoisotopic (exact) mass is 344 g/mol. The minimum Gasteiger partial charge on any atom is -0.506 e. The standard InChI is InChI=1S/C15H22BrFN2O/c1-15(2,3)14(19-8-6-18-7-9-19)12-11(17)5-4-10(16)13(12)20/h4-5,14,18,20H,6-9H2,1-3H3/t14-/m0/s1. The maximum atomic E-state index is 14.3. The molecule has 2 rings (SSSR count). The van der Waals surface area contributed by atoms with E-state index in [0.717, 1.165) is 26.2 Å². The van der Waals surface area contributed by atoms with E-state index in [1.165, 1.54) is 6.07 Å². The van der Waals surface area contributed by atoms with Gasteiger partial charge < -0.3 is 10.4 Å². The smallest absolute Gasteiger partial charge is 0.137 e. The Morgan fingerprint density at radius 2 is 1.90 bits per heavy atom. The number of phenolic OH excluding ortho intramolecular Hbond substituents is 1. The zero-order valence-corrected chi connectivity index (χ0v) is 13.8. The van der Waals surface area contributed by atoms with Crippen molar-refractivity contribution >= 4 is 15.9 Å². The van der Waals surface area contributed by atoms with E-state index >= 15 is 0 Å². The third-order valence-electron chi connectivity index (χ3n) is 3.73. The summed E-state index contributed by atoms with van der Waals surface area (Å²) in [6.07, 6.45) is 0. The Kier molecular flexibility index (Phi) is 4.72. The molecule has 112 valence electrons. The first kappa shape index (κ1) is 15.7. The maximum absolute atomic E-state index is 14.3. The molecule has 0 saturated carbocycles. The fraction of sp³-hybridized carbons (Fsp3) is 0.600. The topological polar surface area (TPSA) is 35.5 Å². The first-order valence-electron chi connectivity index (χ1n) is 6.94. The van der Waals surface area contributed by atoms with Gasteiger partial charge in [-0.15, -0.1) is 0 Å². The van der Waals surface area contributed by atoms with Crippen LogP contribution < -0.4 is 5.32 Å². The molecule has 3 nitrogen and oxygen atoms in total. The van der Waals surface area contributed by atoms with Crippen LogP contribution in [0, 0.1) is 11.2 Å². The van der Waals surface area contributed by atoms with Crippen LogP contribution in [-0.2, 0) is 0 Å². The van der Waals surface area contributed by atoms with E-state index in [1.54, 1.807) is 6.07 Å². The summed E-state index contributed by atoms with van der Waals surface area (Å²) in [7, 11) is 0. The second kappa shape index (κ2) is 6.00. The lowest BCUT2D eigenvalue weighted by atomic mass is 9.80. The van der Waals surface area contributed by atoms with Crippen molar-refractivity contribution in [2.24, 2.45) is 5.41 Å². The lowest BCUT2D eigenvalue weighted by molar-refractivity contribution is 0.0812. The van der Waals surface area contributed by atoms with Crippen LogP contribution in [0.3, 0.4) is 0 Å². The predicted octanol–water partition coefficient (Wildman–Crippen LogP) is 3.29. The highest BCUT2D eigenvalue weighted by Crippen LogP contribution is 2.45. The lowest BCUT2D eigenvalue weighted by Crippen LogP contribution is -2.48. The fourth-order valence-electron chi connectivity index (χ4n) is 2.92. The number of benzene rings is 1. The number of aromatic hydroxyl groups is 1. The van der Waals surface area contributed by atoms with Gasteiger partial charge >= 0.3 is 0 Å². The Labute approximate surface area is 128 Å². The van der Waals surface area contributed by atoms with Gasteiger partial charge in [0, 0.05) is 37.8 Å². The van der Waals surface area contributed by atoms with Crippen molar-refractivity contribution in [1.29, 1.82) is 0 Å². The van der Waals surface area contributed by atoms with Crippen LogP contribution in [-0.4, -0.2) is 36.2 Å². The summed E-state index contributed by atoms with van der Waals surface area (Å²) in [5, 5.41) is 13.6. The molecule has 1 aromatic rings. The van der Waals surface area contributed by atoms with Gasteiger partial charge in [-0.3, -0.25) is 4.90 Å². The normalized spacial score (nSPS) is 19.1. The molecule has 1 heterocycles. The van der Waals surface area contributed by atoms with Crippen LogP contribution in [0.25, 0.3) is 0 Å². The van der Waals surface area contributed by atoms with Crippen molar-refractivity contribution in [2.75, 3.05) is 26.2 Å². The minimum absolute atomic E-state index is 0.0171. The van der Waals surface area contributed by atoms with Gasteiger partial charge in [-0.25, -0.2) is 4.39 Å². The summed E-state index contributed by atoms with van der Waals surface area (Å²) in [6, 6.07) is 2.81. The highest BCUT2D eigenvalue weighted by atomic mass is 79.9. The van der Waals surface area contributed by atoms with Gasteiger partial charge in [0.05, 0.1) is 4.47 Å². The predicted molar refractivity (Wildman–Crippen MR) is 82.4 cm³/mol. The van der Waals surface area contributed by atoms with E-state index in [9.17, 15) is 9.50 Å². The van der Waals surface area contributed by atoms with Gasteiger partial charge in [0.15, 0.2) is 0 Å². The summed E-state index contributed by atoms with van der Waals surface area (Å²) in [4.78, 5) is 2.25. The number of piperazine rings is 1. The van der Waals surface area contributed by atoms with Crippen molar-refractivity contribution in [3.05, 3.63) is 28.0 Å². The molecule has 1 saturated heterocycles. The summed E-state index contributed by atoms with van der Waals surface area (Å²) in [6.45, 7) is 9.74. The van der Waals surface area contributed by atoms with E-state index < -0.39 is 0 Å². The Balaban J connectivity index is 2.49.